The lowest BCUT2D eigenvalue weighted by Crippen LogP contribution is -2.02. The molecule has 0 saturated heterocycles. The first-order valence-electron chi connectivity index (χ1n) is 6.13. The largest absolute Gasteiger partial charge is 0.422 e. The fraction of sp³-hybridized carbons (Fsp3) is 0. The maximum Gasteiger partial charge on any atom is 0.345 e. The molecule has 0 atom stereocenters. The molecule has 0 spiro atoms. The average molecular weight is 263 g/mol. The van der Waals surface area contributed by atoms with E-state index in [0.717, 1.165) is 5.39 Å². The second-order valence-corrected chi connectivity index (χ2v) is 4.45. The van der Waals surface area contributed by atoms with Crippen molar-refractivity contribution in [2.75, 3.05) is 0 Å². The third-order valence-electron chi connectivity index (χ3n) is 3.18. The van der Waals surface area contributed by atoms with E-state index in [1.54, 1.807) is 36.9 Å². The topological polar surface area (TPSA) is 60.4 Å². The maximum absolute atomic E-state index is 12.1. The average Bonchev–Trinajstić information content (AvgIpc) is 2.90. The number of imidazole rings is 1. The van der Waals surface area contributed by atoms with Gasteiger partial charge in [0.25, 0.3) is 0 Å². The fourth-order valence-corrected chi connectivity index (χ4v) is 2.21. The summed E-state index contributed by atoms with van der Waals surface area (Å²) in [5.41, 5.74) is 1.91. The first-order valence-corrected chi connectivity index (χ1v) is 6.13. The Hall–Kier alpha value is -2.95. The molecule has 0 radical (unpaired) electrons. The van der Waals surface area contributed by atoms with Crippen molar-refractivity contribution in [3.63, 3.8) is 0 Å². The monoisotopic (exact) mass is 263 g/mol. The van der Waals surface area contributed by atoms with Crippen LogP contribution in [0.4, 0.5) is 0 Å². The van der Waals surface area contributed by atoms with Gasteiger partial charge in [-0.25, -0.2) is 9.78 Å². The Morgan fingerprint density at radius 1 is 1.20 bits per heavy atom. The Morgan fingerprint density at radius 2 is 2.10 bits per heavy atom. The van der Waals surface area contributed by atoms with E-state index in [9.17, 15) is 4.79 Å². The van der Waals surface area contributed by atoms with Crippen LogP contribution in [0, 0.1) is 0 Å². The van der Waals surface area contributed by atoms with Crippen LogP contribution >= 0.6 is 0 Å². The summed E-state index contributed by atoms with van der Waals surface area (Å²) < 4.78 is 7.14. The molecule has 0 unspecified atom stereocenters. The lowest BCUT2D eigenvalue weighted by Gasteiger charge is -1.98. The van der Waals surface area contributed by atoms with Crippen molar-refractivity contribution in [2.45, 2.75) is 0 Å². The van der Waals surface area contributed by atoms with E-state index in [-0.39, 0.29) is 5.63 Å². The minimum absolute atomic E-state index is 0.389. The molecule has 0 aliphatic rings. The van der Waals surface area contributed by atoms with Gasteiger partial charge in [-0.1, -0.05) is 18.2 Å². The molecular formula is C15H9N3O2. The van der Waals surface area contributed by atoms with E-state index in [1.165, 1.54) is 0 Å². The smallest absolute Gasteiger partial charge is 0.345 e. The highest BCUT2D eigenvalue weighted by molar-refractivity contribution is 5.81. The Balaban J connectivity index is 2.01. The fourth-order valence-electron chi connectivity index (χ4n) is 2.21. The van der Waals surface area contributed by atoms with Crippen molar-refractivity contribution in [1.29, 1.82) is 0 Å². The number of rotatable bonds is 1. The van der Waals surface area contributed by atoms with Crippen molar-refractivity contribution < 1.29 is 4.42 Å². The van der Waals surface area contributed by atoms with E-state index in [0.29, 0.717) is 22.5 Å². The number of benzene rings is 1. The zero-order valence-electron chi connectivity index (χ0n) is 10.4. The highest BCUT2D eigenvalue weighted by Crippen LogP contribution is 2.20. The lowest BCUT2D eigenvalue weighted by molar-refractivity contribution is 0.563. The number of hydrogen-bond acceptors (Lipinski definition) is 4. The summed E-state index contributed by atoms with van der Waals surface area (Å²) in [7, 11) is 0. The van der Waals surface area contributed by atoms with E-state index in [1.807, 2.05) is 22.6 Å². The van der Waals surface area contributed by atoms with Crippen LogP contribution < -0.4 is 5.63 Å². The molecule has 0 saturated carbocycles. The van der Waals surface area contributed by atoms with Crippen LogP contribution in [0.5, 0.6) is 0 Å². The van der Waals surface area contributed by atoms with Crippen molar-refractivity contribution in [1.82, 2.24) is 14.4 Å². The molecule has 0 N–H and O–H groups in total. The predicted octanol–water partition coefficient (Wildman–Crippen LogP) is 2.50. The van der Waals surface area contributed by atoms with Gasteiger partial charge in [-0.2, -0.15) is 0 Å². The number of nitrogens with zero attached hydrogens (tertiary/aromatic N) is 3. The number of aromatic nitrogens is 3. The molecule has 4 aromatic rings. The molecule has 0 aliphatic carbocycles. The second kappa shape index (κ2) is 4.03. The van der Waals surface area contributed by atoms with Gasteiger partial charge in [-0.05, 0) is 12.1 Å². The number of fused-ring (bicyclic) bond motifs is 2. The molecule has 5 nitrogen and oxygen atoms in total. The van der Waals surface area contributed by atoms with Gasteiger partial charge in [0.2, 0.25) is 0 Å². The van der Waals surface area contributed by atoms with Crippen LogP contribution in [0.3, 0.4) is 0 Å². The summed E-state index contributed by atoms with van der Waals surface area (Å²) >= 11 is 0. The minimum Gasteiger partial charge on any atom is -0.422 e. The predicted molar refractivity (Wildman–Crippen MR) is 74.5 cm³/mol. The van der Waals surface area contributed by atoms with Crippen LogP contribution in [0.2, 0.25) is 0 Å². The summed E-state index contributed by atoms with van der Waals surface area (Å²) in [5.74, 6) is 0. The molecule has 5 heteroatoms. The Labute approximate surface area is 113 Å². The van der Waals surface area contributed by atoms with Crippen molar-refractivity contribution in [2.24, 2.45) is 0 Å². The van der Waals surface area contributed by atoms with Crippen LogP contribution in [0.1, 0.15) is 0 Å². The molecule has 0 fully saturated rings. The van der Waals surface area contributed by atoms with Gasteiger partial charge in [0.1, 0.15) is 5.58 Å². The summed E-state index contributed by atoms with van der Waals surface area (Å²) in [6.07, 6.45) is 6.89. The molecule has 4 rings (SSSR count). The highest BCUT2D eigenvalue weighted by Gasteiger charge is 2.11. The second-order valence-electron chi connectivity index (χ2n) is 4.45. The van der Waals surface area contributed by atoms with E-state index in [4.69, 9.17) is 4.42 Å². The molecule has 0 bridgehead atoms. The quantitative estimate of drug-likeness (QED) is 0.495. The van der Waals surface area contributed by atoms with Crippen LogP contribution in [-0.2, 0) is 0 Å². The van der Waals surface area contributed by atoms with Crippen molar-refractivity contribution in [3.05, 3.63) is 65.5 Å². The molecule has 3 aromatic heterocycles. The maximum atomic E-state index is 12.1. The summed E-state index contributed by atoms with van der Waals surface area (Å²) in [6, 6.07) is 9.21. The molecule has 20 heavy (non-hydrogen) atoms. The molecule has 0 aliphatic heterocycles. The van der Waals surface area contributed by atoms with Gasteiger partial charge >= 0.3 is 5.63 Å². The molecule has 96 valence electrons. The first-order chi connectivity index (χ1) is 9.81. The van der Waals surface area contributed by atoms with Gasteiger partial charge in [-0.15, -0.1) is 0 Å². The van der Waals surface area contributed by atoms with E-state index >= 15 is 0 Å². The highest BCUT2D eigenvalue weighted by atomic mass is 16.4. The Morgan fingerprint density at radius 3 is 3.00 bits per heavy atom. The van der Waals surface area contributed by atoms with E-state index in [2.05, 4.69) is 9.97 Å². The third-order valence-corrected chi connectivity index (χ3v) is 3.18. The van der Waals surface area contributed by atoms with E-state index < -0.39 is 0 Å². The zero-order valence-corrected chi connectivity index (χ0v) is 10.4. The van der Waals surface area contributed by atoms with Crippen LogP contribution in [-0.4, -0.2) is 14.4 Å². The molecular weight excluding hydrogens is 254 g/mol. The molecule has 3 heterocycles. The van der Waals surface area contributed by atoms with Gasteiger partial charge in [0.15, 0.2) is 5.65 Å². The molecule has 0 amide bonds. The van der Waals surface area contributed by atoms with Gasteiger partial charge < -0.3 is 8.82 Å². The van der Waals surface area contributed by atoms with Gasteiger partial charge in [0.05, 0.1) is 17.5 Å². The SMILES string of the molecule is O=c1oc2ccccc2cc1-c1cn2ccncc2n1. The number of para-hydroxylation sites is 1. The van der Waals surface area contributed by atoms with Crippen LogP contribution in [0.15, 0.2) is 64.3 Å². The first kappa shape index (κ1) is 10.9. The summed E-state index contributed by atoms with van der Waals surface area (Å²) in [4.78, 5) is 20.5. The van der Waals surface area contributed by atoms with Crippen molar-refractivity contribution >= 4 is 16.6 Å². The normalized spacial score (nSPS) is 11.2. The summed E-state index contributed by atoms with van der Waals surface area (Å²) in [6.45, 7) is 0. The standard InChI is InChI=1S/C15H9N3O2/c19-15-11(7-10-3-1-2-4-13(10)20-15)12-9-18-6-5-16-8-14(18)17-12/h1-9H. The lowest BCUT2D eigenvalue weighted by atomic mass is 10.1. The van der Waals surface area contributed by atoms with Gasteiger partial charge in [-0.3, -0.25) is 4.98 Å². The Kier molecular flexibility index (Phi) is 2.20. The third kappa shape index (κ3) is 1.60. The van der Waals surface area contributed by atoms with Crippen molar-refractivity contribution in [3.8, 4) is 11.3 Å². The van der Waals surface area contributed by atoms with Gasteiger partial charge in [0, 0.05) is 24.0 Å². The minimum atomic E-state index is -0.389. The van der Waals surface area contributed by atoms with Crippen LogP contribution in [0.25, 0.3) is 27.9 Å². The zero-order chi connectivity index (χ0) is 13.5. The molecule has 1 aromatic carbocycles. The summed E-state index contributed by atoms with van der Waals surface area (Å²) in [5, 5.41) is 0.872. The Bertz CT molecular complexity index is 952. The number of hydrogen-bond donors (Lipinski definition) is 0.